The minimum absolute atomic E-state index is 0.00347. The number of rotatable bonds is 4. The molecule has 0 aromatic carbocycles. The largest absolute Gasteiger partial charge is 0.462 e. The van der Waals surface area contributed by atoms with Crippen molar-refractivity contribution >= 4 is 41.4 Å². The molecular weight excluding hydrogens is 564 g/mol. The monoisotopic (exact) mass is 600 g/mol. The van der Waals surface area contributed by atoms with Crippen LogP contribution in [0.3, 0.4) is 0 Å². The molecule has 1 spiro atoms. The molecule has 11 atom stereocenters. The van der Waals surface area contributed by atoms with Gasteiger partial charge in [-0.25, -0.2) is 0 Å². The summed E-state index contributed by atoms with van der Waals surface area (Å²) < 4.78 is 34.9. The Hall–Kier alpha value is -2.70. The zero-order chi connectivity index (χ0) is 30.7. The summed E-state index contributed by atoms with van der Waals surface area (Å²) in [5.74, 6) is -5.94. The summed E-state index contributed by atoms with van der Waals surface area (Å²) in [5.41, 5.74) is -4.66. The highest BCUT2D eigenvalue weighted by molar-refractivity contribution is 6.23. The number of hydrogen-bond acceptors (Lipinski definition) is 12. The van der Waals surface area contributed by atoms with Gasteiger partial charge in [-0.1, -0.05) is 19.1 Å². The van der Waals surface area contributed by atoms with E-state index in [0.717, 1.165) is 6.92 Å². The van der Waals surface area contributed by atoms with E-state index in [1.54, 1.807) is 6.92 Å². The number of carbonyl (C=O) groups is 5. The zero-order valence-electron chi connectivity index (χ0n) is 24.0. The number of aliphatic hydroxyl groups is 1. The van der Waals surface area contributed by atoms with Gasteiger partial charge in [0.25, 0.3) is 0 Å². The van der Waals surface area contributed by atoms with Crippen molar-refractivity contribution < 1.29 is 57.5 Å². The van der Waals surface area contributed by atoms with Crippen molar-refractivity contribution in [2.45, 2.75) is 108 Å². The summed E-state index contributed by atoms with van der Waals surface area (Å²) in [6.07, 6.45) is -5.82. The van der Waals surface area contributed by atoms with Gasteiger partial charge < -0.3 is 33.5 Å². The highest BCUT2D eigenvalue weighted by Crippen LogP contribution is 2.63. The number of ether oxygens (including phenoxy) is 6. The molecule has 0 aromatic rings. The van der Waals surface area contributed by atoms with E-state index < -0.39 is 94.2 Å². The van der Waals surface area contributed by atoms with Crippen LogP contribution in [0.2, 0.25) is 0 Å². The molecular formula is C28H37ClO12. The Morgan fingerprint density at radius 2 is 1.46 bits per heavy atom. The van der Waals surface area contributed by atoms with Gasteiger partial charge in [0.2, 0.25) is 0 Å². The van der Waals surface area contributed by atoms with E-state index in [2.05, 4.69) is 6.58 Å². The summed E-state index contributed by atoms with van der Waals surface area (Å²) >= 11 is 6.78. The Morgan fingerprint density at radius 1 is 0.951 bits per heavy atom. The molecule has 0 radical (unpaired) electrons. The Labute approximate surface area is 242 Å². The van der Waals surface area contributed by atoms with E-state index in [9.17, 15) is 29.1 Å². The van der Waals surface area contributed by atoms with Crippen LogP contribution >= 0.6 is 11.6 Å². The van der Waals surface area contributed by atoms with Crippen molar-refractivity contribution in [1.29, 1.82) is 0 Å². The molecule has 12 nitrogen and oxygen atoms in total. The predicted molar refractivity (Wildman–Crippen MR) is 139 cm³/mol. The van der Waals surface area contributed by atoms with Crippen LogP contribution in [0.15, 0.2) is 12.2 Å². The van der Waals surface area contributed by atoms with Crippen molar-refractivity contribution in [2.75, 3.05) is 6.61 Å². The second-order valence-electron chi connectivity index (χ2n) is 11.7. The van der Waals surface area contributed by atoms with Gasteiger partial charge in [-0.3, -0.25) is 24.0 Å². The minimum atomic E-state index is -2.25. The molecule has 0 unspecified atom stereocenters. The Bertz CT molecular complexity index is 1150. The highest BCUT2D eigenvalue weighted by Gasteiger charge is 2.78. The third kappa shape index (κ3) is 5.12. The summed E-state index contributed by atoms with van der Waals surface area (Å²) in [5, 5.41) is 11.5. The summed E-state index contributed by atoms with van der Waals surface area (Å²) in [6.45, 7) is 11.9. The normalized spacial score (nSPS) is 43.6. The van der Waals surface area contributed by atoms with Gasteiger partial charge in [-0.05, 0) is 19.8 Å². The van der Waals surface area contributed by atoms with Gasteiger partial charge in [0.05, 0.1) is 23.3 Å². The Balaban J connectivity index is 2.06. The first-order valence-electron chi connectivity index (χ1n) is 13.6. The molecule has 228 valence electrons. The average molecular weight is 601 g/mol. The molecule has 2 aliphatic carbocycles. The number of hydrogen-bond donors (Lipinski definition) is 1. The third-order valence-electron chi connectivity index (χ3n) is 9.14. The van der Waals surface area contributed by atoms with Crippen molar-refractivity contribution in [1.82, 2.24) is 0 Å². The number of epoxide rings is 1. The molecule has 4 fully saturated rings. The first-order chi connectivity index (χ1) is 19.0. The summed E-state index contributed by atoms with van der Waals surface area (Å²) in [7, 11) is 0. The van der Waals surface area contributed by atoms with Gasteiger partial charge in [0.15, 0.2) is 11.7 Å². The fraction of sp³-hybridized carbons (Fsp3) is 0.750. The number of carbonyl (C=O) groups excluding carboxylic acids is 5. The van der Waals surface area contributed by atoms with Crippen LogP contribution in [0.1, 0.15) is 60.8 Å². The molecule has 2 saturated carbocycles. The second-order valence-corrected chi connectivity index (χ2v) is 12.2. The molecule has 0 amide bonds. The maximum atomic E-state index is 13.0. The van der Waals surface area contributed by atoms with E-state index in [1.807, 2.05) is 0 Å². The predicted octanol–water partition coefficient (Wildman–Crippen LogP) is 1.76. The van der Waals surface area contributed by atoms with Gasteiger partial charge in [0, 0.05) is 40.0 Å². The van der Waals surface area contributed by atoms with Gasteiger partial charge in [-0.15, -0.1) is 11.6 Å². The van der Waals surface area contributed by atoms with Crippen molar-refractivity contribution in [2.24, 2.45) is 17.3 Å². The van der Waals surface area contributed by atoms with Crippen LogP contribution < -0.4 is 0 Å². The lowest BCUT2D eigenvalue weighted by Crippen LogP contribution is -2.72. The van der Waals surface area contributed by atoms with Crippen LogP contribution in [0.5, 0.6) is 0 Å². The highest BCUT2D eigenvalue weighted by atomic mass is 35.5. The van der Waals surface area contributed by atoms with Crippen LogP contribution in [0.25, 0.3) is 0 Å². The number of fused-ring (bicyclic) bond motifs is 3. The molecule has 0 bridgehead atoms. The number of esters is 5. The molecule has 2 saturated heterocycles. The first-order valence-corrected chi connectivity index (χ1v) is 14.0. The fourth-order valence-electron chi connectivity index (χ4n) is 7.17. The number of alkyl halides is 1. The Kier molecular flexibility index (Phi) is 8.27. The fourth-order valence-corrected chi connectivity index (χ4v) is 7.53. The molecule has 4 aliphatic rings. The number of halogens is 1. The van der Waals surface area contributed by atoms with Crippen LogP contribution in [0.4, 0.5) is 0 Å². The van der Waals surface area contributed by atoms with Gasteiger partial charge in [0.1, 0.15) is 30.0 Å². The molecule has 41 heavy (non-hydrogen) atoms. The van der Waals surface area contributed by atoms with E-state index in [0.29, 0.717) is 5.57 Å². The molecule has 4 rings (SSSR count). The van der Waals surface area contributed by atoms with Crippen molar-refractivity contribution in [3.05, 3.63) is 12.2 Å². The molecule has 2 heterocycles. The first kappa shape index (κ1) is 31.2. The van der Waals surface area contributed by atoms with Crippen LogP contribution in [-0.4, -0.2) is 88.7 Å². The maximum Gasteiger partial charge on any atom is 0.312 e. The quantitative estimate of drug-likeness (QED) is 0.164. The summed E-state index contributed by atoms with van der Waals surface area (Å²) in [6, 6.07) is 0. The third-order valence-corrected chi connectivity index (χ3v) is 9.68. The van der Waals surface area contributed by atoms with Crippen molar-refractivity contribution in [3.63, 3.8) is 0 Å². The summed E-state index contributed by atoms with van der Waals surface area (Å²) in [4.78, 5) is 62.9. The van der Waals surface area contributed by atoms with Crippen molar-refractivity contribution in [3.8, 4) is 0 Å². The lowest BCUT2D eigenvalue weighted by Gasteiger charge is -2.58. The van der Waals surface area contributed by atoms with E-state index in [-0.39, 0.29) is 25.9 Å². The lowest BCUT2D eigenvalue weighted by atomic mass is 9.51. The van der Waals surface area contributed by atoms with Crippen LogP contribution in [0, 0.1) is 17.3 Å². The topological polar surface area (TPSA) is 164 Å². The maximum absolute atomic E-state index is 13.0. The molecule has 1 N–H and O–H groups in total. The van der Waals surface area contributed by atoms with E-state index in [4.69, 9.17) is 40.0 Å². The van der Waals surface area contributed by atoms with Gasteiger partial charge >= 0.3 is 29.8 Å². The van der Waals surface area contributed by atoms with E-state index in [1.165, 1.54) is 27.7 Å². The molecule has 13 heteroatoms. The average Bonchev–Trinajstić information content (AvgIpc) is 3.61. The van der Waals surface area contributed by atoms with Crippen LogP contribution in [-0.2, 0) is 52.4 Å². The smallest absolute Gasteiger partial charge is 0.312 e. The second kappa shape index (κ2) is 10.9. The SMILES string of the molecule is C=C1CC[C@H](OC(C)=O)[C@@]2(C)[C@@H](OC(C)=O)C[C@@H](OC(C)=O)[C@]3(CO3)[C@@H]2[C@H](OC(C)=O)[C@]2(O)[C@@H](C)C(=O)O[C@H]2[C@H]1Cl. The lowest BCUT2D eigenvalue weighted by molar-refractivity contribution is -0.259. The van der Waals surface area contributed by atoms with Gasteiger partial charge in [-0.2, -0.15) is 0 Å². The molecule has 0 aromatic heterocycles. The zero-order valence-corrected chi connectivity index (χ0v) is 24.7. The molecule has 2 aliphatic heterocycles. The van der Waals surface area contributed by atoms with E-state index >= 15 is 0 Å². The Morgan fingerprint density at radius 3 is 1.98 bits per heavy atom. The standard InChI is InChI=1S/C28H37ClO12/c1-12-8-9-18(37-14(3)30)26(7)19(38-15(4)31)10-20(39-16(5)32)27(11-36-27)22(26)24(40-17(6)33)28(35)13(2)25(34)41-23(28)21(12)29/h13,18-24,35H,1,8-11H2,2-7H3/t13-,18-,19-,20+,21-,22+,23-,24-,26-,27+,28-/m0/s1. The minimum Gasteiger partial charge on any atom is -0.462 e.